The number of carbonyl (C=O) groups excluding carboxylic acids is 1. The first-order chi connectivity index (χ1) is 16.6. The number of aliphatic carboxylic acids is 1. The van der Waals surface area contributed by atoms with E-state index in [1.807, 2.05) is 24.3 Å². The van der Waals surface area contributed by atoms with Gasteiger partial charge in [0.2, 0.25) is 0 Å². The molecule has 1 atom stereocenters. The molecule has 176 valence electrons. The zero-order chi connectivity index (χ0) is 23.8. The van der Waals surface area contributed by atoms with E-state index < -0.39 is 17.9 Å². The molecule has 1 aromatic heterocycles. The number of hydrogen-bond donors (Lipinski definition) is 2. The molecule has 0 saturated carbocycles. The summed E-state index contributed by atoms with van der Waals surface area (Å²) in [6.07, 6.45) is 6.68. The number of rotatable bonds is 10. The first-order valence-electron chi connectivity index (χ1n) is 11.9. The molecule has 0 saturated heterocycles. The highest BCUT2D eigenvalue weighted by molar-refractivity contribution is 5.96. The number of fused-ring (bicyclic) bond motifs is 1. The molecule has 1 amide bonds. The highest BCUT2D eigenvalue weighted by atomic mass is 16.5. The number of aromatic nitrogens is 1. The number of carboxylic acids is 1. The zero-order valence-corrected chi connectivity index (χ0v) is 19.2. The van der Waals surface area contributed by atoms with Gasteiger partial charge in [0, 0.05) is 23.4 Å². The van der Waals surface area contributed by atoms with E-state index in [-0.39, 0.29) is 6.42 Å². The Balaban J connectivity index is 1.24. The molecular weight excluding hydrogens is 428 g/mol. The van der Waals surface area contributed by atoms with Gasteiger partial charge in [-0.1, -0.05) is 36.4 Å². The van der Waals surface area contributed by atoms with Crippen LogP contribution in [0.2, 0.25) is 0 Å². The van der Waals surface area contributed by atoms with Gasteiger partial charge in [-0.05, 0) is 80.0 Å². The zero-order valence-electron chi connectivity index (χ0n) is 19.2. The first-order valence-corrected chi connectivity index (χ1v) is 11.9. The van der Waals surface area contributed by atoms with Gasteiger partial charge in [0.05, 0.1) is 6.61 Å². The molecule has 1 heterocycles. The molecule has 3 aromatic rings. The number of benzene rings is 2. The molecule has 1 aliphatic carbocycles. The van der Waals surface area contributed by atoms with Gasteiger partial charge in [-0.2, -0.15) is 0 Å². The molecule has 4 rings (SSSR count). The summed E-state index contributed by atoms with van der Waals surface area (Å²) in [5, 5.41) is 12.1. The van der Waals surface area contributed by atoms with Crippen molar-refractivity contribution in [3.63, 3.8) is 0 Å². The predicted octanol–water partition coefficient (Wildman–Crippen LogP) is 4.40. The highest BCUT2D eigenvalue weighted by Crippen LogP contribution is 2.20. The molecule has 0 bridgehead atoms. The van der Waals surface area contributed by atoms with Crippen molar-refractivity contribution in [2.45, 2.75) is 51.0 Å². The van der Waals surface area contributed by atoms with Crippen molar-refractivity contribution in [1.29, 1.82) is 0 Å². The Bertz CT molecular complexity index is 1110. The van der Waals surface area contributed by atoms with E-state index in [1.165, 1.54) is 24.1 Å². The van der Waals surface area contributed by atoms with Crippen LogP contribution < -0.4 is 10.1 Å². The number of pyridine rings is 1. The Morgan fingerprint density at radius 3 is 2.50 bits per heavy atom. The van der Waals surface area contributed by atoms with Gasteiger partial charge in [-0.3, -0.25) is 9.78 Å². The van der Waals surface area contributed by atoms with Crippen molar-refractivity contribution in [1.82, 2.24) is 10.3 Å². The van der Waals surface area contributed by atoms with Crippen molar-refractivity contribution in [2.75, 3.05) is 6.61 Å². The van der Waals surface area contributed by atoms with Crippen LogP contribution in [0.3, 0.4) is 0 Å². The molecule has 0 fully saturated rings. The van der Waals surface area contributed by atoms with Crippen LogP contribution >= 0.6 is 0 Å². The van der Waals surface area contributed by atoms with Crippen LogP contribution in [0.1, 0.15) is 52.1 Å². The minimum absolute atomic E-state index is 0.193. The van der Waals surface area contributed by atoms with Gasteiger partial charge < -0.3 is 15.2 Å². The average Bonchev–Trinajstić information content (AvgIpc) is 2.87. The number of amides is 1. The van der Waals surface area contributed by atoms with E-state index in [0.29, 0.717) is 12.2 Å². The fourth-order valence-electron chi connectivity index (χ4n) is 4.20. The van der Waals surface area contributed by atoms with Crippen molar-refractivity contribution in [2.24, 2.45) is 0 Å². The quantitative estimate of drug-likeness (QED) is 0.440. The number of carbonyl (C=O) groups is 2. The lowest BCUT2D eigenvalue weighted by Crippen LogP contribution is -2.42. The molecule has 0 aliphatic heterocycles. The number of carboxylic acid groups (broad SMARTS) is 1. The summed E-state index contributed by atoms with van der Waals surface area (Å²) in [5.74, 6) is -0.732. The second-order valence-corrected chi connectivity index (χ2v) is 8.65. The third-order valence-corrected chi connectivity index (χ3v) is 6.08. The summed E-state index contributed by atoms with van der Waals surface area (Å²) >= 11 is 0. The van der Waals surface area contributed by atoms with Gasteiger partial charge in [0.25, 0.3) is 5.91 Å². The van der Waals surface area contributed by atoms with Crippen LogP contribution in [0.25, 0.3) is 0 Å². The Morgan fingerprint density at radius 1 is 0.971 bits per heavy atom. The van der Waals surface area contributed by atoms with Crippen molar-refractivity contribution >= 4 is 11.9 Å². The standard InChI is InChI=1S/C28H30N2O4/c31-27(22-8-2-1-3-9-22)30-26(28(32)33)19-20-12-16-24(17-13-20)34-18-6-10-23-15-14-21-7-4-5-11-25(21)29-23/h1-3,8-9,12-17,26H,4-7,10-11,18-19H2,(H,30,31)(H,32,33). The molecule has 1 unspecified atom stereocenters. The van der Waals surface area contributed by atoms with Gasteiger partial charge in [0.15, 0.2) is 0 Å². The van der Waals surface area contributed by atoms with Gasteiger partial charge in [0.1, 0.15) is 11.8 Å². The number of aryl methyl sites for hydroxylation is 3. The summed E-state index contributed by atoms with van der Waals surface area (Å²) in [5.41, 5.74) is 5.03. The van der Waals surface area contributed by atoms with Crippen molar-refractivity contribution in [3.8, 4) is 5.75 Å². The van der Waals surface area contributed by atoms with Gasteiger partial charge in [-0.15, -0.1) is 0 Å². The van der Waals surface area contributed by atoms with E-state index in [9.17, 15) is 14.7 Å². The molecule has 2 N–H and O–H groups in total. The second kappa shape index (κ2) is 11.5. The Morgan fingerprint density at radius 2 is 1.74 bits per heavy atom. The van der Waals surface area contributed by atoms with Crippen LogP contribution in [-0.4, -0.2) is 34.6 Å². The third kappa shape index (κ3) is 6.44. The van der Waals surface area contributed by atoms with Gasteiger partial charge in [-0.25, -0.2) is 4.79 Å². The molecule has 1 aliphatic rings. The number of nitrogens with zero attached hydrogens (tertiary/aromatic N) is 1. The van der Waals surface area contributed by atoms with Crippen LogP contribution in [0.4, 0.5) is 0 Å². The molecular formula is C28H30N2O4. The van der Waals surface area contributed by atoms with E-state index >= 15 is 0 Å². The lowest BCUT2D eigenvalue weighted by molar-refractivity contribution is -0.139. The average molecular weight is 459 g/mol. The van der Waals surface area contributed by atoms with E-state index in [2.05, 4.69) is 17.4 Å². The topological polar surface area (TPSA) is 88.5 Å². The lowest BCUT2D eigenvalue weighted by Gasteiger charge is -2.16. The molecule has 0 spiro atoms. The van der Waals surface area contributed by atoms with E-state index in [1.54, 1.807) is 30.3 Å². The number of ether oxygens (including phenoxy) is 1. The molecule has 2 aromatic carbocycles. The summed E-state index contributed by atoms with van der Waals surface area (Å²) in [6.45, 7) is 0.586. The van der Waals surface area contributed by atoms with E-state index in [0.717, 1.165) is 42.7 Å². The maximum Gasteiger partial charge on any atom is 0.326 e. The molecule has 0 radical (unpaired) electrons. The Kier molecular flexibility index (Phi) is 7.91. The van der Waals surface area contributed by atoms with Crippen LogP contribution in [0, 0.1) is 0 Å². The maximum absolute atomic E-state index is 12.3. The third-order valence-electron chi connectivity index (χ3n) is 6.08. The molecule has 6 heteroatoms. The highest BCUT2D eigenvalue weighted by Gasteiger charge is 2.21. The number of hydrogen-bond acceptors (Lipinski definition) is 4. The second-order valence-electron chi connectivity index (χ2n) is 8.65. The minimum atomic E-state index is -1.07. The normalized spacial score (nSPS) is 13.5. The summed E-state index contributed by atoms with van der Waals surface area (Å²) < 4.78 is 5.86. The largest absolute Gasteiger partial charge is 0.494 e. The predicted molar refractivity (Wildman–Crippen MR) is 130 cm³/mol. The van der Waals surface area contributed by atoms with Crippen LogP contribution in [0.15, 0.2) is 66.7 Å². The fourth-order valence-corrected chi connectivity index (χ4v) is 4.20. The van der Waals surface area contributed by atoms with Crippen molar-refractivity contribution in [3.05, 3.63) is 94.8 Å². The summed E-state index contributed by atoms with van der Waals surface area (Å²) in [4.78, 5) is 28.8. The Labute approximate surface area is 200 Å². The maximum atomic E-state index is 12.3. The smallest absolute Gasteiger partial charge is 0.326 e. The SMILES string of the molecule is O=C(NC(Cc1ccc(OCCCc2ccc3c(n2)CCCC3)cc1)C(=O)O)c1ccccc1. The molecule has 6 nitrogen and oxygen atoms in total. The van der Waals surface area contributed by atoms with Crippen LogP contribution in [0.5, 0.6) is 5.75 Å². The first kappa shape index (κ1) is 23.5. The lowest BCUT2D eigenvalue weighted by atomic mass is 9.95. The summed E-state index contributed by atoms with van der Waals surface area (Å²) in [6, 6.07) is 19.3. The minimum Gasteiger partial charge on any atom is -0.494 e. The van der Waals surface area contributed by atoms with Crippen molar-refractivity contribution < 1.29 is 19.4 Å². The van der Waals surface area contributed by atoms with Gasteiger partial charge >= 0.3 is 5.97 Å². The summed E-state index contributed by atoms with van der Waals surface area (Å²) in [7, 11) is 0. The number of nitrogens with one attached hydrogen (secondary N) is 1. The Hall–Kier alpha value is -3.67. The fraction of sp³-hybridized carbons (Fsp3) is 0.321. The monoisotopic (exact) mass is 458 g/mol. The van der Waals surface area contributed by atoms with Crippen LogP contribution in [-0.2, 0) is 30.5 Å². The van der Waals surface area contributed by atoms with E-state index in [4.69, 9.17) is 9.72 Å². The molecule has 34 heavy (non-hydrogen) atoms.